The highest BCUT2D eigenvalue weighted by Gasteiger charge is 2.27. The van der Waals surface area contributed by atoms with Gasteiger partial charge in [0.05, 0.1) is 30.2 Å². The van der Waals surface area contributed by atoms with E-state index in [9.17, 15) is 19.2 Å². The van der Waals surface area contributed by atoms with E-state index >= 15 is 0 Å². The van der Waals surface area contributed by atoms with E-state index in [0.717, 1.165) is 34.9 Å². The maximum atomic E-state index is 13.3. The number of alkyl halides is 1. The molecule has 2 atom stereocenters. The van der Waals surface area contributed by atoms with Crippen molar-refractivity contribution in [1.29, 1.82) is 5.26 Å². The largest absolute Gasteiger partial charge is 0.359 e. The minimum absolute atomic E-state index is 0.115. The van der Waals surface area contributed by atoms with E-state index in [1.54, 1.807) is 6.07 Å². The number of carbonyl (C=O) groups is 2. The molecule has 1 aliphatic carbocycles. The molecule has 1 aromatic carbocycles. The smallest absolute Gasteiger partial charge is 0.253 e. The molecular weight excluding hydrogens is 383 g/mol. The van der Waals surface area contributed by atoms with Crippen molar-refractivity contribution in [3.8, 4) is 6.07 Å². The highest BCUT2D eigenvalue weighted by Crippen LogP contribution is 2.40. The molecule has 1 heterocycles. The molecule has 7 heteroatoms. The topological polar surface area (TPSA) is 94.9 Å². The molecule has 0 fully saturated rings. The van der Waals surface area contributed by atoms with Crippen LogP contribution in [0.2, 0.25) is 0 Å². The van der Waals surface area contributed by atoms with Gasteiger partial charge in [-0.05, 0) is 36.3 Å². The van der Waals surface area contributed by atoms with Gasteiger partial charge in [0.2, 0.25) is 5.91 Å². The number of hydrogen-bond acceptors (Lipinski definition) is 4. The monoisotopic (exact) mass is 408 g/mol. The number of nitriles is 1. The van der Waals surface area contributed by atoms with E-state index < -0.39 is 11.9 Å². The Kier molecular flexibility index (Phi) is 6.46. The van der Waals surface area contributed by atoms with Gasteiger partial charge in [-0.15, -0.1) is 0 Å². The maximum absolute atomic E-state index is 13.3. The number of pyridine rings is 1. The van der Waals surface area contributed by atoms with Crippen LogP contribution < -0.4 is 10.6 Å². The number of fused-ring (bicyclic) bond motifs is 1. The van der Waals surface area contributed by atoms with E-state index in [1.807, 2.05) is 31.2 Å². The Balaban J connectivity index is 1.84. The molecule has 0 saturated heterocycles. The average molecular weight is 408 g/mol. The lowest BCUT2D eigenvalue weighted by Gasteiger charge is -2.30. The Morgan fingerprint density at radius 3 is 2.83 bits per heavy atom. The molecule has 1 aromatic heterocycles. The first kappa shape index (κ1) is 21.4. The van der Waals surface area contributed by atoms with Crippen molar-refractivity contribution in [2.24, 2.45) is 5.41 Å². The fraction of sp³-hybridized carbons (Fsp3) is 0.391. The van der Waals surface area contributed by atoms with Gasteiger partial charge in [-0.1, -0.05) is 31.2 Å². The Morgan fingerprint density at radius 2 is 2.20 bits per heavy atom. The second-order valence-electron chi connectivity index (χ2n) is 8.01. The summed E-state index contributed by atoms with van der Waals surface area (Å²) in [5.74, 6) is -0.784. The van der Waals surface area contributed by atoms with Crippen molar-refractivity contribution in [2.75, 3.05) is 13.7 Å². The first-order valence-electron chi connectivity index (χ1n) is 9.94. The molecule has 30 heavy (non-hydrogen) atoms. The van der Waals surface area contributed by atoms with Crippen molar-refractivity contribution in [3.05, 3.63) is 47.7 Å². The number of para-hydroxylation sites is 1. The average Bonchev–Trinajstić information content (AvgIpc) is 2.78. The van der Waals surface area contributed by atoms with Crippen LogP contribution in [-0.4, -0.2) is 36.6 Å². The molecule has 2 aromatic rings. The Bertz CT molecular complexity index is 1040. The standard InChI is InChI=1S/C23H25FN4O2/c1-23(14-24)8-6-15(7-9-23)19-5-3-4-16-10-17(13-27-21(16)19)22(30)28-18(12-25)11-20(29)26-2/h3-6,10,13,18H,7-9,11,14H2,1-2H3,(H,26,29)(H,28,30). The number of nitrogens with one attached hydrogen (secondary N) is 2. The predicted molar refractivity (Wildman–Crippen MR) is 113 cm³/mol. The summed E-state index contributed by atoms with van der Waals surface area (Å²) in [5, 5.41) is 15.0. The Hall–Kier alpha value is -3.27. The summed E-state index contributed by atoms with van der Waals surface area (Å²) in [5.41, 5.74) is 2.95. The fourth-order valence-corrected chi connectivity index (χ4v) is 3.58. The minimum atomic E-state index is -0.920. The molecule has 0 radical (unpaired) electrons. The van der Waals surface area contributed by atoms with E-state index in [2.05, 4.69) is 21.7 Å². The number of amides is 2. The zero-order valence-electron chi connectivity index (χ0n) is 17.2. The summed E-state index contributed by atoms with van der Waals surface area (Å²) in [6, 6.07) is 8.51. The lowest BCUT2D eigenvalue weighted by atomic mass is 9.76. The molecule has 2 unspecified atom stereocenters. The summed E-state index contributed by atoms with van der Waals surface area (Å²) >= 11 is 0. The molecule has 2 amide bonds. The van der Waals surface area contributed by atoms with Crippen LogP contribution in [0.25, 0.3) is 16.5 Å². The number of aromatic nitrogens is 1. The highest BCUT2D eigenvalue weighted by atomic mass is 19.1. The molecule has 2 N–H and O–H groups in total. The van der Waals surface area contributed by atoms with E-state index in [-0.39, 0.29) is 24.4 Å². The van der Waals surface area contributed by atoms with Gasteiger partial charge in [0.1, 0.15) is 6.04 Å². The van der Waals surface area contributed by atoms with Crippen LogP contribution >= 0.6 is 0 Å². The molecule has 0 saturated carbocycles. The number of nitrogens with zero attached hydrogens (tertiary/aromatic N) is 2. The van der Waals surface area contributed by atoms with Gasteiger partial charge < -0.3 is 10.6 Å². The number of allylic oxidation sites excluding steroid dienone is 2. The van der Waals surface area contributed by atoms with Crippen LogP contribution in [0.1, 0.15) is 48.5 Å². The highest BCUT2D eigenvalue weighted by molar-refractivity contribution is 5.99. The zero-order chi connectivity index (χ0) is 21.7. The van der Waals surface area contributed by atoms with Crippen molar-refractivity contribution >= 4 is 28.3 Å². The molecule has 1 aliphatic rings. The molecule has 0 bridgehead atoms. The summed E-state index contributed by atoms with van der Waals surface area (Å²) in [7, 11) is 1.48. The van der Waals surface area contributed by atoms with E-state index in [0.29, 0.717) is 12.0 Å². The van der Waals surface area contributed by atoms with Crippen LogP contribution in [-0.2, 0) is 4.79 Å². The van der Waals surface area contributed by atoms with E-state index in [4.69, 9.17) is 0 Å². The van der Waals surface area contributed by atoms with Gasteiger partial charge >= 0.3 is 0 Å². The fourth-order valence-electron chi connectivity index (χ4n) is 3.58. The molecule has 6 nitrogen and oxygen atoms in total. The summed E-state index contributed by atoms with van der Waals surface area (Å²) in [6.45, 7) is 1.64. The Morgan fingerprint density at radius 1 is 1.40 bits per heavy atom. The second kappa shape index (κ2) is 9.04. The lowest BCUT2D eigenvalue weighted by Crippen LogP contribution is -2.37. The summed E-state index contributed by atoms with van der Waals surface area (Å²) in [4.78, 5) is 28.5. The third-order valence-electron chi connectivity index (χ3n) is 5.61. The number of rotatable bonds is 6. The zero-order valence-corrected chi connectivity index (χ0v) is 17.2. The molecule has 0 aliphatic heterocycles. The number of halogens is 1. The van der Waals surface area contributed by atoms with E-state index in [1.165, 1.54) is 13.2 Å². The molecule has 3 rings (SSSR count). The predicted octanol–water partition coefficient (Wildman–Crippen LogP) is 3.54. The normalized spacial score (nSPS) is 19.5. The first-order valence-corrected chi connectivity index (χ1v) is 9.94. The summed E-state index contributed by atoms with van der Waals surface area (Å²) in [6.07, 6.45) is 5.72. The van der Waals surface area contributed by atoms with Gasteiger partial charge in [-0.25, -0.2) is 0 Å². The second-order valence-corrected chi connectivity index (χ2v) is 8.01. The van der Waals surface area contributed by atoms with Crippen molar-refractivity contribution in [3.63, 3.8) is 0 Å². The van der Waals surface area contributed by atoms with Gasteiger partial charge in [0.15, 0.2) is 0 Å². The third-order valence-corrected chi connectivity index (χ3v) is 5.61. The van der Waals surface area contributed by atoms with Gasteiger partial charge in [-0.3, -0.25) is 19.0 Å². The Labute approximate surface area is 175 Å². The first-order chi connectivity index (χ1) is 14.4. The molecule has 0 spiro atoms. The van der Waals surface area contributed by atoms with Crippen LogP contribution in [0, 0.1) is 16.7 Å². The van der Waals surface area contributed by atoms with Crippen molar-refractivity contribution in [2.45, 2.75) is 38.6 Å². The number of carbonyl (C=O) groups excluding carboxylic acids is 2. The van der Waals surface area contributed by atoms with Gasteiger partial charge in [-0.2, -0.15) is 5.26 Å². The molecule has 156 valence electrons. The molecular formula is C23H25FN4O2. The third kappa shape index (κ3) is 4.65. The van der Waals surface area contributed by atoms with Crippen LogP contribution in [0.15, 0.2) is 36.5 Å². The number of hydrogen-bond donors (Lipinski definition) is 2. The SMILES string of the molecule is CNC(=O)CC(C#N)NC(=O)c1cnc2c(C3=CCC(C)(CF)CC3)cccc2c1. The van der Waals surface area contributed by atoms with Crippen molar-refractivity contribution < 1.29 is 14.0 Å². The van der Waals surface area contributed by atoms with Gasteiger partial charge in [0, 0.05) is 24.2 Å². The summed E-state index contributed by atoms with van der Waals surface area (Å²) < 4.78 is 13.3. The maximum Gasteiger partial charge on any atom is 0.253 e. The quantitative estimate of drug-likeness (QED) is 0.764. The van der Waals surface area contributed by atoms with Gasteiger partial charge in [0.25, 0.3) is 5.91 Å². The van der Waals surface area contributed by atoms with Crippen molar-refractivity contribution in [1.82, 2.24) is 15.6 Å². The number of benzene rings is 1. The minimum Gasteiger partial charge on any atom is -0.359 e. The van der Waals surface area contributed by atoms with Crippen LogP contribution in [0.5, 0.6) is 0 Å². The van der Waals surface area contributed by atoms with Crippen LogP contribution in [0.4, 0.5) is 4.39 Å². The van der Waals surface area contributed by atoms with Crippen LogP contribution in [0.3, 0.4) is 0 Å². The lowest BCUT2D eigenvalue weighted by molar-refractivity contribution is -0.120.